The Labute approximate surface area is 164 Å². The molecule has 9 heteroatoms. The molecule has 4 heterocycles. The van der Waals surface area contributed by atoms with Gasteiger partial charge in [-0.15, -0.1) is 0 Å². The summed E-state index contributed by atoms with van der Waals surface area (Å²) in [5.74, 6) is -2.53. The molecule has 0 aromatic heterocycles. The average molecular weight is 402 g/mol. The van der Waals surface area contributed by atoms with Crippen LogP contribution >= 0.6 is 0 Å². The number of hydrogen-bond donors (Lipinski definition) is 1. The lowest BCUT2D eigenvalue weighted by Crippen LogP contribution is -2.72. The van der Waals surface area contributed by atoms with Gasteiger partial charge in [-0.1, -0.05) is 0 Å². The van der Waals surface area contributed by atoms with E-state index in [0.717, 1.165) is 6.42 Å². The van der Waals surface area contributed by atoms with Crippen LogP contribution in [0.15, 0.2) is 0 Å². The molecule has 0 aromatic carbocycles. The molecule has 5 aliphatic rings. The molecule has 4 aliphatic heterocycles. The van der Waals surface area contributed by atoms with Gasteiger partial charge in [-0.3, -0.25) is 0 Å². The van der Waals surface area contributed by atoms with Crippen LogP contribution in [0.2, 0.25) is 0 Å². The quantitative estimate of drug-likeness (QED) is 0.356. The van der Waals surface area contributed by atoms with E-state index in [2.05, 4.69) is 0 Å². The van der Waals surface area contributed by atoms with Crippen LogP contribution in [0.25, 0.3) is 0 Å². The Kier molecular flexibility index (Phi) is 5.18. The highest BCUT2D eigenvalue weighted by Crippen LogP contribution is 2.50. The second-order valence-corrected chi connectivity index (χ2v) is 8.50. The summed E-state index contributed by atoms with van der Waals surface area (Å²) in [6.45, 7) is 5.78. The number of epoxide rings is 4. The van der Waals surface area contributed by atoms with Gasteiger partial charge in [-0.05, 0) is 13.3 Å². The zero-order valence-electron chi connectivity index (χ0n) is 16.3. The number of hydrogen-bond acceptors (Lipinski definition) is 9. The van der Waals surface area contributed by atoms with Crippen molar-refractivity contribution >= 4 is 0 Å². The summed E-state index contributed by atoms with van der Waals surface area (Å²) in [7, 11) is 0. The molecule has 4 saturated heterocycles. The molecular weight excluding hydrogens is 372 g/mol. The van der Waals surface area contributed by atoms with Gasteiger partial charge >= 0.3 is 0 Å². The smallest absolute Gasteiger partial charge is 0.202 e. The Hall–Kier alpha value is -0.360. The third-order valence-corrected chi connectivity index (χ3v) is 6.11. The van der Waals surface area contributed by atoms with E-state index in [-0.39, 0.29) is 24.4 Å². The summed E-state index contributed by atoms with van der Waals surface area (Å²) in [6.07, 6.45) is 1.99. The first-order valence-corrected chi connectivity index (χ1v) is 10.3. The second-order valence-electron chi connectivity index (χ2n) is 8.50. The predicted molar refractivity (Wildman–Crippen MR) is 92.7 cm³/mol. The highest BCUT2D eigenvalue weighted by Gasteiger charge is 2.67. The molecule has 1 aliphatic carbocycles. The molecule has 160 valence electrons. The fourth-order valence-electron chi connectivity index (χ4n) is 3.83. The normalized spacial score (nSPS) is 49.1. The average Bonchev–Trinajstić information content (AvgIpc) is 3.53. The zero-order valence-corrected chi connectivity index (χ0v) is 16.3. The molecule has 0 radical (unpaired) electrons. The van der Waals surface area contributed by atoms with Gasteiger partial charge in [0.2, 0.25) is 11.6 Å². The highest BCUT2D eigenvalue weighted by molar-refractivity contribution is 5.08. The van der Waals surface area contributed by atoms with Gasteiger partial charge in [0.1, 0.15) is 24.4 Å². The minimum absolute atomic E-state index is 0.0475. The van der Waals surface area contributed by atoms with Crippen LogP contribution in [0.3, 0.4) is 0 Å². The lowest BCUT2D eigenvalue weighted by atomic mass is 9.74. The maximum absolute atomic E-state index is 11.9. The fourth-order valence-corrected chi connectivity index (χ4v) is 3.83. The summed E-state index contributed by atoms with van der Waals surface area (Å²) < 4.78 is 46.0. The lowest BCUT2D eigenvalue weighted by Gasteiger charge is -2.56. The molecule has 1 N–H and O–H groups in total. The summed E-state index contributed by atoms with van der Waals surface area (Å²) in [5.41, 5.74) is -1.55. The number of ether oxygens (including phenoxy) is 8. The van der Waals surface area contributed by atoms with Crippen LogP contribution < -0.4 is 0 Å². The van der Waals surface area contributed by atoms with Crippen LogP contribution in [-0.4, -0.2) is 99.6 Å². The molecular formula is C19H30O9. The van der Waals surface area contributed by atoms with Crippen molar-refractivity contribution in [3.8, 4) is 0 Å². The van der Waals surface area contributed by atoms with Gasteiger partial charge in [0, 0.05) is 12.8 Å². The topological polar surface area (TPSA) is 107 Å². The Bertz CT molecular complexity index is 474. The minimum Gasteiger partial charge on any atom is -0.379 e. The van der Waals surface area contributed by atoms with Crippen molar-refractivity contribution in [2.75, 3.05) is 52.9 Å². The van der Waals surface area contributed by atoms with E-state index in [1.807, 2.05) is 0 Å². The van der Waals surface area contributed by atoms with Gasteiger partial charge in [-0.25, -0.2) is 0 Å². The Morgan fingerprint density at radius 2 is 0.964 bits per heavy atom. The van der Waals surface area contributed by atoms with Gasteiger partial charge < -0.3 is 43.0 Å². The molecule has 0 spiro atoms. The van der Waals surface area contributed by atoms with Crippen LogP contribution in [0.1, 0.15) is 26.2 Å². The van der Waals surface area contributed by atoms with Crippen molar-refractivity contribution in [2.24, 2.45) is 0 Å². The molecule has 28 heavy (non-hydrogen) atoms. The summed E-state index contributed by atoms with van der Waals surface area (Å²) in [4.78, 5) is 0. The number of aliphatic hydroxyl groups is 1. The summed E-state index contributed by atoms with van der Waals surface area (Å²) >= 11 is 0. The van der Waals surface area contributed by atoms with E-state index >= 15 is 0 Å². The van der Waals surface area contributed by atoms with Crippen LogP contribution in [0.5, 0.6) is 0 Å². The van der Waals surface area contributed by atoms with Gasteiger partial charge in [0.15, 0.2) is 5.60 Å². The van der Waals surface area contributed by atoms with Gasteiger partial charge in [-0.2, -0.15) is 0 Å². The van der Waals surface area contributed by atoms with E-state index < -0.39 is 17.2 Å². The first kappa shape index (κ1) is 19.6. The van der Waals surface area contributed by atoms with Crippen LogP contribution in [-0.2, 0) is 37.9 Å². The predicted octanol–water partition coefficient (Wildman–Crippen LogP) is -0.0245. The zero-order chi connectivity index (χ0) is 19.2. The van der Waals surface area contributed by atoms with Crippen LogP contribution in [0, 0.1) is 0 Å². The van der Waals surface area contributed by atoms with Crippen molar-refractivity contribution in [2.45, 2.75) is 67.8 Å². The number of rotatable bonds is 12. The molecule has 0 aromatic rings. The van der Waals surface area contributed by atoms with Crippen molar-refractivity contribution in [3.63, 3.8) is 0 Å². The molecule has 4 unspecified atom stereocenters. The largest absolute Gasteiger partial charge is 0.379 e. The van der Waals surface area contributed by atoms with E-state index in [9.17, 15) is 5.11 Å². The molecule has 0 amide bonds. The minimum atomic E-state index is -1.55. The summed E-state index contributed by atoms with van der Waals surface area (Å²) in [5, 5.41) is 11.9. The van der Waals surface area contributed by atoms with E-state index in [0.29, 0.717) is 65.7 Å². The van der Waals surface area contributed by atoms with Crippen molar-refractivity contribution in [1.29, 1.82) is 0 Å². The van der Waals surface area contributed by atoms with Gasteiger partial charge in [0.05, 0.1) is 52.9 Å². The molecule has 1 saturated carbocycles. The summed E-state index contributed by atoms with van der Waals surface area (Å²) in [6, 6.07) is 0. The Morgan fingerprint density at radius 1 is 0.679 bits per heavy atom. The standard InChI is InChI=1S/C19H30O9/c1-17(20)18(25-9-13-5-21-13,26-10-14-6-22-14)3-2-4-19(17,27-11-15-7-23-15)28-12-16-8-24-16/h13-16,20H,2-12H2,1H3. The Balaban J connectivity index is 1.38. The Morgan fingerprint density at radius 3 is 1.21 bits per heavy atom. The monoisotopic (exact) mass is 402 g/mol. The first-order valence-electron chi connectivity index (χ1n) is 10.3. The molecule has 9 nitrogen and oxygen atoms in total. The maximum atomic E-state index is 11.9. The molecule has 4 atom stereocenters. The molecule has 0 bridgehead atoms. The highest BCUT2D eigenvalue weighted by atomic mass is 16.8. The SMILES string of the molecule is CC1(O)C(OCC2CO2)(OCC2CO2)CCCC1(OCC1CO1)OCC1CO1. The lowest BCUT2D eigenvalue weighted by molar-refractivity contribution is -0.430. The van der Waals surface area contributed by atoms with Gasteiger partial charge in [0.25, 0.3) is 0 Å². The van der Waals surface area contributed by atoms with E-state index in [1.54, 1.807) is 6.92 Å². The third kappa shape index (κ3) is 4.10. The molecule has 5 rings (SSSR count). The van der Waals surface area contributed by atoms with Crippen molar-refractivity contribution in [1.82, 2.24) is 0 Å². The maximum Gasteiger partial charge on any atom is 0.202 e. The third-order valence-electron chi connectivity index (χ3n) is 6.11. The fraction of sp³-hybridized carbons (Fsp3) is 1.00. The first-order chi connectivity index (χ1) is 13.5. The van der Waals surface area contributed by atoms with E-state index in [1.165, 1.54) is 0 Å². The van der Waals surface area contributed by atoms with Crippen LogP contribution in [0.4, 0.5) is 0 Å². The van der Waals surface area contributed by atoms with Crippen molar-refractivity contribution in [3.05, 3.63) is 0 Å². The van der Waals surface area contributed by atoms with Crippen molar-refractivity contribution < 1.29 is 43.0 Å². The molecule has 5 fully saturated rings. The second kappa shape index (κ2) is 7.40. The van der Waals surface area contributed by atoms with E-state index in [4.69, 9.17) is 37.9 Å².